The molecule has 0 aliphatic rings. The van der Waals surface area contributed by atoms with Gasteiger partial charge in [0.15, 0.2) is 0 Å². The molecule has 0 fully saturated rings. The van der Waals surface area contributed by atoms with Crippen molar-refractivity contribution in [2.75, 3.05) is 6.26 Å². The van der Waals surface area contributed by atoms with Crippen LogP contribution in [0, 0.1) is 0 Å². The molecule has 5 heteroatoms. The van der Waals surface area contributed by atoms with Crippen molar-refractivity contribution in [3.8, 4) is 0 Å². The molecule has 0 heterocycles. The van der Waals surface area contributed by atoms with Crippen LogP contribution in [0.4, 0.5) is 0 Å². The molecule has 1 radical (unpaired) electrons. The Kier molecular flexibility index (Phi) is 4.26. The van der Waals surface area contributed by atoms with Gasteiger partial charge in [-0.2, -0.15) is 0 Å². The number of primary sulfonamides is 1. The van der Waals surface area contributed by atoms with Crippen LogP contribution in [0.25, 0.3) is 0 Å². The van der Waals surface area contributed by atoms with E-state index >= 15 is 0 Å². The van der Waals surface area contributed by atoms with Gasteiger partial charge >= 0.3 is 0 Å². The first-order valence-electron chi connectivity index (χ1n) is 0.977. The largest absolute Gasteiger partial charge is 0.229 e. The average Bonchev–Trinajstić information content (AvgIpc) is 0.722. The molecule has 0 atom stereocenters. The number of sulfonamides is 1. The van der Waals surface area contributed by atoms with Crippen LogP contribution in [-0.2, 0) is 28.6 Å². The molecular weight excluding hydrogens is 141 g/mol. The van der Waals surface area contributed by atoms with Crippen LogP contribution in [0.2, 0.25) is 0 Å². The SMILES string of the molecule is CS(N)(=O)=O.[V]. The third kappa shape index (κ3) is 225. The van der Waals surface area contributed by atoms with Gasteiger partial charge in [-0.25, -0.2) is 13.6 Å². The van der Waals surface area contributed by atoms with Gasteiger partial charge in [-0.05, 0) is 0 Å². The first-order valence-corrected chi connectivity index (χ1v) is 2.93. The molecule has 0 rings (SSSR count). The zero-order chi connectivity index (χ0) is 4.50. The zero-order valence-electron chi connectivity index (χ0n) is 3.25. The summed E-state index contributed by atoms with van der Waals surface area (Å²) >= 11 is 0. The predicted molar refractivity (Wildman–Crippen MR) is 19.0 cm³/mol. The van der Waals surface area contributed by atoms with E-state index in [4.69, 9.17) is 0 Å². The third-order valence-corrected chi connectivity index (χ3v) is 0. The molecule has 0 aromatic carbocycles. The summed E-state index contributed by atoms with van der Waals surface area (Å²) in [7, 11) is -3.17. The average molecular weight is 146 g/mol. The van der Waals surface area contributed by atoms with Gasteiger partial charge < -0.3 is 0 Å². The van der Waals surface area contributed by atoms with Crippen molar-refractivity contribution in [3.63, 3.8) is 0 Å². The second-order valence-electron chi connectivity index (χ2n) is 0.830. The molecule has 0 saturated carbocycles. The first-order chi connectivity index (χ1) is 2.00. The molecule has 0 aromatic rings. The van der Waals surface area contributed by atoms with Gasteiger partial charge in [-0.15, -0.1) is 0 Å². The number of hydrogen-bond donors (Lipinski definition) is 1. The van der Waals surface area contributed by atoms with Gasteiger partial charge in [0, 0.05) is 18.6 Å². The maximum Gasteiger partial charge on any atom is 0.206 e. The van der Waals surface area contributed by atoms with Gasteiger partial charge in [0.1, 0.15) is 0 Å². The van der Waals surface area contributed by atoms with Crippen molar-refractivity contribution in [2.24, 2.45) is 5.14 Å². The van der Waals surface area contributed by atoms with E-state index in [2.05, 4.69) is 5.14 Å². The Morgan fingerprint density at radius 1 is 1.50 bits per heavy atom. The Morgan fingerprint density at radius 3 is 1.50 bits per heavy atom. The van der Waals surface area contributed by atoms with Gasteiger partial charge in [0.25, 0.3) is 0 Å². The summed E-state index contributed by atoms with van der Waals surface area (Å²) in [6, 6.07) is 0. The molecule has 37 valence electrons. The summed E-state index contributed by atoms with van der Waals surface area (Å²) in [4.78, 5) is 0. The van der Waals surface area contributed by atoms with Crippen LogP contribution in [-0.4, -0.2) is 14.7 Å². The molecule has 0 aromatic heterocycles. The first kappa shape index (κ1) is 9.71. The van der Waals surface area contributed by atoms with Gasteiger partial charge in [-0.1, -0.05) is 0 Å². The Balaban J connectivity index is 0. The van der Waals surface area contributed by atoms with Crippen LogP contribution in [0.5, 0.6) is 0 Å². The summed E-state index contributed by atoms with van der Waals surface area (Å²) in [6.07, 6.45) is 0.938. The van der Waals surface area contributed by atoms with Crippen LogP contribution >= 0.6 is 0 Å². The maximum atomic E-state index is 9.41. The number of nitrogens with two attached hydrogens (primary N) is 1. The Labute approximate surface area is 48.8 Å². The molecule has 6 heavy (non-hydrogen) atoms. The predicted octanol–water partition coefficient (Wildman–Crippen LogP) is -1.10. The summed E-state index contributed by atoms with van der Waals surface area (Å²) < 4.78 is 18.8. The second kappa shape index (κ2) is 2.63. The van der Waals surface area contributed by atoms with Crippen molar-refractivity contribution in [1.29, 1.82) is 0 Å². The summed E-state index contributed by atoms with van der Waals surface area (Å²) in [5.41, 5.74) is 0. The van der Waals surface area contributed by atoms with E-state index in [1.54, 1.807) is 0 Å². The topological polar surface area (TPSA) is 60.2 Å². The van der Waals surface area contributed by atoms with E-state index in [-0.39, 0.29) is 18.6 Å². The summed E-state index contributed by atoms with van der Waals surface area (Å²) in [6.45, 7) is 0. The van der Waals surface area contributed by atoms with Crippen molar-refractivity contribution < 1.29 is 27.0 Å². The van der Waals surface area contributed by atoms with E-state index in [9.17, 15) is 8.42 Å². The van der Waals surface area contributed by atoms with Crippen molar-refractivity contribution in [1.82, 2.24) is 0 Å². The second-order valence-corrected chi connectivity index (χ2v) is 2.49. The maximum absolute atomic E-state index is 9.41. The molecule has 3 nitrogen and oxygen atoms in total. The van der Waals surface area contributed by atoms with Crippen LogP contribution in [0.1, 0.15) is 0 Å². The zero-order valence-corrected chi connectivity index (χ0v) is 5.46. The molecule has 0 aliphatic carbocycles. The Morgan fingerprint density at radius 2 is 1.50 bits per heavy atom. The smallest absolute Gasteiger partial charge is 0.206 e. The minimum Gasteiger partial charge on any atom is -0.229 e. The van der Waals surface area contributed by atoms with Crippen molar-refractivity contribution >= 4 is 10.0 Å². The number of hydrogen-bond acceptors (Lipinski definition) is 2. The third-order valence-electron chi connectivity index (χ3n) is 0. The van der Waals surface area contributed by atoms with E-state index in [0.717, 1.165) is 6.26 Å². The monoisotopic (exact) mass is 146 g/mol. The van der Waals surface area contributed by atoms with Crippen LogP contribution in [0.15, 0.2) is 0 Å². The van der Waals surface area contributed by atoms with E-state index in [1.165, 1.54) is 0 Å². The quantitative estimate of drug-likeness (QED) is 0.471. The minimum atomic E-state index is -3.17. The minimum absolute atomic E-state index is 0. The summed E-state index contributed by atoms with van der Waals surface area (Å²) in [5, 5.41) is 4.33. The fraction of sp³-hybridized carbons (Fsp3) is 1.00. The molecule has 0 aliphatic heterocycles. The summed E-state index contributed by atoms with van der Waals surface area (Å²) in [5.74, 6) is 0. The van der Waals surface area contributed by atoms with E-state index in [0.29, 0.717) is 0 Å². The fourth-order valence-corrected chi connectivity index (χ4v) is 0. The molecule has 0 saturated heterocycles. The molecule has 0 unspecified atom stereocenters. The van der Waals surface area contributed by atoms with Crippen molar-refractivity contribution in [3.05, 3.63) is 0 Å². The Hall–Kier alpha value is 0.494. The molecule has 0 spiro atoms. The molecular formula is CH5NO2SV. The standard InChI is InChI=1S/CH5NO2S.V/c1-5(2,3)4;/h1H3,(H2,2,3,4);. The van der Waals surface area contributed by atoms with Crippen molar-refractivity contribution in [2.45, 2.75) is 0 Å². The normalized spacial score (nSPS) is 9.67. The fourth-order valence-electron chi connectivity index (χ4n) is 0. The van der Waals surface area contributed by atoms with Crippen LogP contribution in [0.3, 0.4) is 0 Å². The van der Waals surface area contributed by atoms with Gasteiger partial charge in [-0.3, -0.25) is 0 Å². The van der Waals surface area contributed by atoms with E-state index in [1.807, 2.05) is 0 Å². The molecule has 0 bridgehead atoms. The van der Waals surface area contributed by atoms with Gasteiger partial charge in [0.2, 0.25) is 10.0 Å². The Bertz CT molecular complexity index is 96.7. The molecule has 0 amide bonds. The van der Waals surface area contributed by atoms with Gasteiger partial charge in [0.05, 0.1) is 6.26 Å². The number of rotatable bonds is 0. The van der Waals surface area contributed by atoms with E-state index < -0.39 is 10.0 Å². The van der Waals surface area contributed by atoms with Crippen LogP contribution < -0.4 is 5.14 Å². The molecule has 2 N–H and O–H groups in total.